The number of nitrogens with one attached hydrogen (secondary N) is 7. The van der Waals surface area contributed by atoms with Gasteiger partial charge < -0.3 is 59.3 Å². The van der Waals surface area contributed by atoms with Crippen LogP contribution in [-0.4, -0.2) is 140 Å². The Labute approximate surface area is 328 Å². The molecule has 0 spiro atoms. The molecule has 4 atom stereocenters. The molecule has 0 fully saturated rings. The minimum Gasteiger partial charge on any atom is -0.357 e. The average molecular weight is 763 g/mol. The number of aliphatic imine (C=N–C) groups is 1. The second-order valence-corrected chi connectivity index (χ2v) is 14.9. The van der Waals surface area contributed by atoms with E-state index in [-0.39, 0.29) is 35.5 Å². The summed E-state index contributed by atoms with van der Waals surface area (Å²) in [5, 5.41) is 23.2. The summed E-state index contributed by atoms with van der Waals surface area (Å²) in [5.41, 5.74) is 16.7. The van der Waals surface area contributed by atoms with Crippen molar-refractivity contribution in [1.82, 2.24) is 42.1 Å². The Morgan fingerprint density at radius 1 is 0.611 bits per heavy atom. The van der Waals surface area contributed by atoms with Gasteiger partial charge in [-0.3, -0.25) is 14.6 Å². The van der Waals surface area contributed by atoms with Crippen molar-refractivity contribution in [3.63, 3.8) is 0 Å². The highest BCUT2D eigenvalue weighted by Gasteiger charge is 2.44. The molecule has 1 heterocycles. The van der Waals surface area contributed by atoms with E-state index in [4.69, 9.17) is 22.2 Å². The van der Waals surface area contributed by atoms with Crippen LogP contribution in [0.3, 0.4) is 0 Å². The van der Waals surface area contributed by atoms with Crippen molar-refractivity contribution in [2.75, 3.05) is 118 Å². The number of amidine groups is 1. The van der Waals surface area contributed by atoms with Gasteiger partial charge in [-0.05, 0) is 31.1 Å². The normalized spacial score (nSPS) is 19.7. The maximum atomic E-state index is 14.1. The van der Waals surface area contributed by atoms with E-state index < -0.39 is 0 Å². The summed E-state index contributed by atoms with van der Waals surface area (Å²) in [6, 6.07) is 0. The van der Waals surface area contributed by atoms with Crippen molar-refractivity contribution < 1.29 is 9.59 Å². The highest BCUT2D eigenvalue weighted by Crippen LogP contribution is 2.40. The van der Waals surface area contributed by atoms with Crippen LogP contribution in [0.5, 0.6) is 0 Å². The van der Waals surface area contributed by atoms with E-state index in [0.717, 1.165) is 123 Å². The van der Waals surface area contributed by atoms with Gasteiger partial charge in [0.05, 0.1) is 24.2 Å². The quantitative estimate of drug-likeness (QED) is 0.0314. The van der Waals surface area contributed by atoms with Crippen LogP contribution < -0.4 is 54.4 Å². The van der Waals surface area contributed by atoms with Crippen LogP contribution in [0.1, 0.15) is 84.0 Å². The van der Waals surface area contributed by atoms with E-state index in [9.17, 15) is 9.59 Å². The minimum absolute atomic E-state index is 0.00957. The molecule has 13 N–H and O–H groups in total. The van der Waals surface area contributed by atoms with Gasteiger partial charge in [-0.1, -0.05) is 70.4 Å². The first-order chi connectivity index (χ1) is 26.6. The van der Waals surface area contributed by atoms with Crippen molar-refractivity contribution in [2.45, 2.75) is 84.0 Å². The highest BCUT2D eigenvalue weighted by atomic mass is 16.2. The summed E-state index contributed by atoms with van der Waals surface area (Å²) in [6.07, 6.45) is 17.7. The van der Waals surface area contributed by atoms with E-state index in [1.165, 1.54) is 31.5 Å². The van der Waals surface area contributed by atoms with Gasteiger partial charge >= 0.3 is 0 Å². The molecule has 14 nitrogen and oxygen atoms in total. The lowest BCUT2D eigenvalue weighted by atomic mass is 9.67. The van der Waals surface area contributed by atoms with Crippen LogP contribution in [0.15, 0.2) is 17.1 Å². The zero-order valence-electron chi connectivity index (χ0n) is 34.1. The Balaban J connectivity index is 1.98. The predicted molar refractivity (Wildman–Crippen MR) is 226 cm³/mol. The number of unbranched alkanes of at least 4 members (excludes halogenated alkanes) is 7. The zero-order chi connectivity index (χ0) is 38.9. The number of hydrogen-bond donors (Lipinski definition) is 10. The van der Waals surface area contributed by atoms with Crippen LogP contribution >= 0.6 is 0 Å². The lowest BCUT2D eigenvalue weighted by Crippen LogP contribution is -2.51. The van der Waals surface area contributed by atoms with Crippen molar-refractivity contribution in [2.24, 2.45) is 45.9 Å². The van der Waals surface area contributed by atoms with E-state index >= 15 is 0 Å². The molecule has 4 unspecified atom stereocenters. The zero-order valence-corrected chi connectivity index (χ0v) is 34.1. The molecule has 1 aliphatic carbocycles. The first-order valence-electron chi connectivity index (χ1n) is 21.7. The number of nitrogens with zero attached hydrogens (tertiary/aromatic N) is 2. The number of rotatable bonds is 36. The Hall–Kier alpha value is -2.17. The molecule has 0 aromatic heterocycles. The predicted octanol–water partition coefficient (Wildman–Crippen LogP) is 0.493. The average Bonchev–Trinajstić information content (AvgIpc) is 3.63. The van der Waals surface area contributed by atoms with Crippen LogP contribution in [0.2, 0.25) is 0 Å². The van der Waals surface area contributed by atoms with Gasteiger partial charge in [-0.25, -0.2) is 0 Å². The van der Waals surface area contributed by atoms with Crippen molar-refractivity contribution in [3.8, 4) is 0 Å². The van der Waals surface area contributed by atoms with Crippen molar-refractivity contribution in [3.05, 3.63) is 12.2 Å². The lowest BCUT2D eigenvalue weighted by molar-refractivity contribution is -0.138. The van der Waals surface area contributed by atoms with E-state index in [2.05, 4.69) is 61.2 Å². The van der Waals surface area contributed by atoms with Crippen LogP contribution in [-0.2, 0) is 9.59 Å². The molecule has 1 aliphatic heterocycles. The molecule has 0 bridgehead atoms. The second kappa shape index (κ2) is 33.0. The monoisotopic (exact) mass is 763 g/mol. The molecule has 2 aliphatic rings. The maximum absolute atomic E-state index is 14.1. The van der Waals surface area contributed by atoms with Crippen LogP contribution in [0.25, 0.3) is 0 Å². The topological polar surface area (TPSA) is 212 Å². The van der Waals surface area contributed by atoms with Gasteiger partial charge in [0, 0.05) is 118 Å². The lowest BCUT2D eigenvalue weighted by Gasteiger charge is -2.38. The Morgan fingerprint density at radius 3 is 1.57 bits per heavy atom. The molecular weight excluding hydrogens is 681 g/mol. The largest absolute Gasteiger partial charge is 0.357 e. The number of hydrogen-bond acceptors (Lipinski definition) is 12. The Morgan fingerprint density at radius 2 is 1.06 bits per heavy atom. The fourth-order valence-electron chi connectivity index (χ4n) is 7.61. The SMILES string of the molecule is CCCCCCC1C=CC(CCCCCCCC2=NCCN2CCNCCN)C(C(=O)NCCNCCNCCN)C1C(=O)NCCNCCNCCN. The summed E-state index contributed by atoms with van der Waals surface area (Å²) in [5.74, 6) is 0.628. The molecule has 2 amide bonds. The molecule has 0 aromatic rings. The van der Waals surface area contributed by atoms with Gasteiger partial charge in [-0.15, -0.1) is 0 Å². The van der Waals surface area contributed by atoms with Gasteiger partial charge in [0.2, 0.25) is 11.8 Å². The standard InChI is InChI=1S/C40H82N12O2/c1-2-3-4-8-11-34-14-15-35(12-9-6-5-7-10-13-36-49-31-33-52(36)32-30-46-21-18-43)38(40(54)51-29-27-48-25-23-45-20-17-42)37(34)39(53)50-28-26-47-24-22-44-19-16-41/h14-15,34-35,37-38,44-48H,2-13,16-33,41-43H2,1H3,(H,50,53)(H,51,54). The van der Waals surface area contributed by atoms with Gasteiger partial charge in [0.15, 0.2) is 0 Å². The van der Waals surface area contributed by atoms with E-state index in [1.807, 2.05) is 0 Å². The molecular formula is C40H82N12O2. The number of carbonyl (C=O) groups excluding carboxylic acids is 2. The second-order valence-electron chi connectivity index (χ2n) is 14.9. The summed E-state index contributed by atoms with van der Waals surface area (Å²) >= 11 is 0. The third-order valence-corrected chi connectivity index (χ3v) is 10.6. The fraction of sp³-hybridized carbons (Fsp3) is 0.875. The number of carbonyl (C=O) groups is 2. The van der Waals surface area contributed by atoms with E-state index in [0.29, 0.717) is 45.8 Å². The third-order valence-electron chi connectivity index (χ3n) is 10.6. The summed E-state index contributed by atoms with van der Waals surface area (Å²) in [6.45, 7) is 16.2. The Bertz CT molecular complexity index is 1000. The Kier molecular flexibility index (Phi) is 29.3. The number of allylic oxidation sites excluding steroid dienone is 2. The smallest absolute Gasteiger partial charge is 0.224 e. The molecule has 0 aromatic carbocycles. The van der Waals surface area contributed by atoms with Gasteiger partial charge in [0.1, 0.15) is 0 Å². The van der Waals surface area contributed by atoms with E-state index in [1.54, 1.807) is 0 Å². The van der Waals surface area contributed by atoms with Crippen LogP contribution in [0.4, 0.5) is 0 Å². The molecule has 0 saturated heterocycles. The maximum Gasteiger partial charge on any atom is 0.224 e. The molecule has 2 rings (SSSR count). The number of nitrogens with two attached hydrogens (primary N) is 3. The first-order valence-corrected chi connectivity index (χ1v) is 21.7. The molecule has 314 valence electrons. The van der Waals surface area contributed by atoms with Gasteiger partial charge in [0.25, 0.3) is 0 Å². The third kappa shape index (κ3) is 21.2. The summed E-state index contributed by atoms with van der Waals surface area (Å²) < 4.78 is 0. The van der Waals surface area contributed by atoms with Crippen molar-refractivity contribution in [1.29, 1.82) is 0 Å². The summed E-state index contributed by atoms with van der Waals surface area (Å²) in [4.78, 5) is 35.4. The molecule has 14 heteroatoms. The fourth-order valence-corrected chi connectivity index (χ4v) is 7.61. The summed E-state index contributed by atoms with van der Waals surface area (Å²) in [7, 11) is 0. The first kappa shape index (κ1) is 48.0. The molecule has 54 heavy (non-hydrogen) atoms. The van der Waals surface area contributed by atoms with Crippen molar-refractivity contribution >= 4 is 17.6 Å². The molecule has 0 saturated carbocycles. The molecule has 0 radical (unpaired) electrons. The van der Waals surface area contributed by atoms with Crippen LogP contribution in [0, 0.1) is 23.7 Å². The minimum atomic E-state index is -0.378. The number of amides is 2. The van der Waals surface area contributed by atoms with Gasteiger partial charge in [-0.2, -0.15) is 0 Å². The highest BCUT2D eigenvalue weighted by molar-refractivity contribution is 5.89.